The molecule has 0 aromatic carbocycles. The molecule has 0 aliphatic rings. The second kappa shape index (κ2) is 9.93. The Hall–Kier alpha value is -0.890. The van der Waals surface area contributed by atoms with Crippen LogP contribution in [0.1, 0.15) is 20.3 Å². The van der Waals surface area contributed by atoms with Crippen LogP contribution in [-0.2, 0) is 28.6 Å². The Morgan fingerprint density at radius 3 is 1.50 bits per heavy atom. The van der Waals surface area contributed by atoms with Crippen molar-refractivity contribution in [3.05, 3.63) is 0 Å². The van der Waals surface area contributed by atoms with Crippen LogP contribution in [0.3, 0.4) is 0 Å². The van der Waals surface area contributed by atoms with Gasteiger partial charge in [-0.15, -0.1) is 0 Å². The first-order valence-corrected chi connectivity index (χ1v) is 7.32. The van der Waals surface area contributed by atoms with Crippen LogP contribution in [0.4, 0.5) is 0 Å². The zero-order chi connectivity index (χ0) is 15.6. The molecule has 6 nitrogen and oxygen atoms in total. The Morgan fingerprint density at radius 2 is 1.20 bits per heavy atom. The average Bonchev–Trinajstić information content (AvgIpc) is 2.47. The first kappa shape index (κ1) is 19.1. The normalized spacial score (nSPS) is 10.8. The third kappa shape index (κ3) is 8.31. The number of thiol groups is 2. The number of hydrogen-bond donors (Lipinski definition) is 2. The Morgan fingerprint density at radius 1 is 0.850 bits per heavy atom. The summed E-state index contributed by atoms with van der Waals surface area (Å²) in [5.41, 5.74) is -0.804. The maximum Gasteiger partial charge on any atom is 0.315 e. The van der Waals surface area contributed by atoms with Crippen molar-refractivity contribution in [2.24, 2.45) is 5.41 Å². The largest absolute Gasteiger partial charge is 0.465 e. The minimum Gasteiger partial charge on any atom is -0.465 e. The van der Waals surface area contributed by atoms with Gasteiger partial charge in [0, 0.05) is 6.42 Å². The molecule has 8 heteroatoms. The zero-order valence-corrected chi connectivity index (χ0v) is 13.4. The van der Waals surface area contributed by atoms with Crippen LogP contribution in [0.25, 0.3) is 0 Å². The Kier molecular flexibility index (Phi) is 9.49. The van der Waals surface area contributed by atoms with E-state index < -0.39 is 17.4 Å². The second-order valence-corrected chi connectivity index (χ2v) is 5.09. The summed E-state index contributed by atoms with van der Waals surface area (Å²) >= 11 is 7.58. The van der Waals surface area contributed by atoms with Gasteiger partial charge in [0.15, 0.2) is 0 Å². The second-order valence-electron chi connectivity index (χ2n) is 4.46. The lowest BCUT2D eigenvalue weighted by Gasteiger charge is -2.27. The molecule has 0 heterocycles. The van der Waals surface area contributed by atoms with Gasteiger partial charge in [-0.2, -0.15) is 25.3 Å². The molecule has 0 fully saturated rings. The molecule has 0 rings (SSSR count). The predicted molar refractivity (Wildman–Crippen MR) is 79.0 cm³/mol. The van der Waals surface area contributed by atoms with Crippen LogP contribution in [0.2, 0.25) is 0 Å². The van der Waals surface area contributed by atoms with Gasteiger partial charge in [-0.05, 0) is 6.92 Å². The summed E-state index contributed by atoms with van der Waals surface area (Å²) in [6.45, 7) is 3.26. The lowest BCUT2D eigenvalue weighted by Crippen LogP contribution is -2.37. The van der Waals surface area contributed by atoms with Gasteiger partial charge in [-0.1, -0.05) is 6.92 Å². The van der Waals surface area contributed by atoms with E-state index in [1.165, 1.54) is 0 Å². The first-order chi connectivity index (χ1) is 9.36. The van der Waals surface area contributed by atoms with E-state index in [2.05, 4.69) is 25.3 Å². The molecule has 116 valence electrons. The van der Waals surface area contributed by atoms with Crippen LogP contribution in [0.5, 0.6) is 0 Å². The summed E-state index contributed by atoms with van der Waals surface area (Å²) in [4.78, 5) is 33.4. The van der Waals surface area contributed by atoms with Crippen molar-refractivity contribution in [1.82, 2.24) is 0 Å². The highest BCUT2D eigenvalue weighted by atomic mass is 32.1. The lowest BCUT2D eigenvalue weighted by molar-refractivity contribution is -0.158. The highest BCUT2D eigenvalue weighted by Gasteiger charge is 2.30. The summed E-state index contributed by atoms with van der Waals surface area (Å²) in [6.07, 6.45) is 0.239. The van der Waals surface area contributed by atoms with Gasteiger partial charge < -0.3 is 14.2 Å². The van der Waals surface area contributed by atoms with Gasteiger partial charge in [-0.3, -0.25) is 14.4 Å². The molecular formula is C12H20O6S2. The van der Waals surface area contributed by atoms with E-state index in [-0.39, 0.29) is 43.7 Å². The van der Waals surface area contributed by atoms with Gasteiger partial charge in [0.1, 0.15) is 19.8 Å². The Labute approximate surface area is 129 Å². The quantitative estimate of drug-likeness (QED) is 0.373. The fourth-order valence-electron chi connectivity index (χ4n) is 1.08. The van der Waals surface area contributed by atoms with Gasteiger partial charge in [-0.25, -0.2) is 0 Å². The fraction of sp³-hybridized carbons (Fsp3) is 0.750. The summed E-state index contributed by atoms with van der Waals surface area (Å²) in [7, 11) is 0. The molecule has 20 heavy (non-hydrogen) atoms. The van der Waals surface area contributed by atoms with Crippen molar-refractivity contribution < 1.29 is 28.6 Å². The molecule has 0 amide bonds. The molecule has 0 saturated carbocycles. The number of carbonyl (C=O) groups is 3. The molecular weight excluding hydrogens is 304 g/mol. The van der Waals surface area contributed by atoms with Crippen LogP contribution >= 0.6 is 25.3 Å². The van der Waals surface area contributed by atoms with Crippen molar-refractivity contribution in [3.8, 4) is 0 Å². The summed E-state index contributed by atoms with van der Waals surface area (Å²) in [6, 6.07) is 0. The number of esters is 3. The summed E-state index contributed by atoms with van der Waals surface area (Å²) < 4.78 is 15.0. The lowest BCUT2D eigenvalue weighted by atomic mass is 9.94. The number of rotatable bonds is 9. The molecule has 0 bridgehead atoms. The highest BCUT2D eigenvalue weighted by molar-refractivity contribution is 7.81. The van der Waals surface area contributed by atoms with E-state index in [9.17, 15) is 14.4 Å². The molecule has 0 N–H and O–H groups in total. The highest BCUT2D eigenvalue weighted by Crippen LogP contribution is 2.19. The van der Waals surface area contributed by atoms with Gasteiger partial charge in [0.05, 0.1) is 16.9 Å². The topological polar surface area (TPSA) is 78.9 Å². The maximum absolute atomic E-state index is 11.2. The molecule has 0 aliphatic carbocycles. The predicted octanol–water partition coefficient (Wildman–Crippen LogP) is 0.892. The van der Waals surface area contributed by atoms with E-state index in [1.807, 2.05) is 0 Å². The van der Waals surface area contributed by atoms with Crippen molar-refractivity contribution in [3.63, 3.8) is 0 Å². The molecule has 0 aromatic rings. The Balaban J connectivity index is 4.51. The monoisotopic (exact) mass is 324 g/mol. The number of hydrogen-bond acceptors (Lipinski definition) is 8. The average molecular weight is 324 g/mol. The molecule has 0 atom stereocenters. The van der Waals surface area contributed by atoms with Gasteiger partial charge >= 0.3 is 17.9 Å². The standard InChI is InChI=1S/C12H20O6S2/c1-3-9(13)16-6-12(2,7-17-10(14)4-19)8-18-11(15)5-20/h19-20H,3-8H2,1-2H3. The maximum atomic E-state index is 11.2. The van der Waals surface area contributed by atoms with Crippen LogP contribution in [0.15, 0.2) is 0 Å². The minimum atomic E-state index is -0.804. The van der Waals surface area contributed by atoms with E-state index in [0.29, 0.717) is 0 Å². The van der Waals surface area contributed by atoms with Crippen LogP contribution < -0.4 is 0 Å². The number of carbonyl (C=O) groups excluding carboxylic acids is 3. The fourth-order valence-corrected chi connectivity index (χ4v) is 1.27. The molecule has 0 unspecified atom stereocenters. The van der Waals surface area contributed by atoms with Crippen molar-refractivity contribution >= 4 is 43.2 Å². The molecule has 0 aliphatic heterocycles. The van der Waals surface area contributed by atoms with Crippen molar-refractivity contribution in [2.45, 2.75) is 20.3 Å². The molecule has 0 radical (unpaired) electrons. The minimum absolute atomic E-state index is 0.0145. The molecule has 0 saturated heterocycles. The van der Waals surface area contributed by atoms with Crippen molar-refractivity contribution in [2.75, 3.05) is 31.3 Å². The molecule has 0 aromatic heterocycles. The van der Waals surface area contributed by atoms with Crippen molar-refractivity contribution in [1.29, 1.82) is 0 Å². The number of ether oxygens (including phenoxy) is 3. The van der Waals surface area contributed by atoms with Gasteiger partial charge in [0.2, 0.25) is 0 Å². The van der Waals surface area contributed by atoms with Gasteiger partial charge in [0.25, 0.3) is 0 Å². The van der Waals surface area contributed by atoms with E-state index in [0.717, 1.165) is 0 Å². The van der Waals surface area contributed by atoms with E-state index >= 15 is 0 Å². The summed E-state index contributed by atoms with van der Waals surface area (Å²) in [5, 5.41) is 0. The van der Waals surface area contributed by atoms with Crippen LogP contribution in [0, 0.1) is 5.41 Å². The first-order valence-electron chi connectivity index (χ1n) is 6.05. The third-order valence-electron chi connectivity index (χ3n) is 2.29. The van der Waals surface area contributed by atoms with E-state index in [4.69, 9.17) is 14.2 Å². The van der Waals surface area contributed by atoms with E-state index in [1.54, 1.807) is 13.8 Å². The SMILES string of the molecule is CCC(=O)OCC(C)(COC(=O)CS)COC(=O)CS. The zero-order valence-electron chi connectivity index (χ0n) is 11.6. The molecule has 0 spiro atoms. The summed E-state index contributed by atoms with van der Waals surface area (Å²) in [5.74, 6) is -1.48. The Bertz CT molecular complexity index is 295. The smallest absolute Gasteiger partial charge is 0.315 e. The van der Waals surface area contributed by atoms with Crippen LogP contribution in [-0.4, -0.2) is 49.2 Å². The third-order valence-corrected chi connectivity index (χ3v) is 2.81.